The minimum Gasteiger partial charge on any atom is -0.491 e. The van der Waals surface area contributed by atoms with Gasteiger partial charge < -0.3 is 10.1 Å². The molecule has 6 heteroatoms. The summed E-state index contributed by atoms with van der Waals surface area (Å²) < 4.78 is 32.6. The summed E-state index contributed by atoms with van der Waals surface area (Å²) in [6.07, 6.45) is 0.138. The molecule has 2 N–H and O–H groups in total. The molecular weight excluding hydrogens is 336 g/mol. The van der Waals surface area contributed by atoms with Gasteiger partial charge in [-0.05, 0) is 50.6 Å². The Labute approximate surface area is 150 Å². The molecule has 2 aromatic rings. The third-order valence-electron chi connectivity index (χ3n) is 3.52. The molecule has 0 radical (unpaired) electrons. The maximum atomic E-state index is 12.2. The van der Waals surface area contributed by atoms with Crippen molar-refractivity contribution in [2.45, 2.75) is 38.3 Å². The van der Waals surface area contributed by atoms with Crippen molar-refractivity contribution in [3.63, 3.8) is 0 Å². The van der Waals surface area contributed by atoms with E-state index in [0.717, 1.165) is 16.9 Å². The van der Waals surface area contributed by atoms with E-state index in [9.17, 15) is 8.42 Å². The second-order valence-electron chi connectivity index (χ2n) is 6.20. The van der Waals surface area contributed by atoms with Gasteiger partial charge in [0.1, 0.15) is 5.75 Å². The molecule has 0 heterocycles. The van der Waals surface area contributed by atoms with Gasteiger partial charge in [-0.15, -0.1) is 0 Å². The highest BCUT2D eigenvalue weighted by molar-refractivity contribution is 7.89. The smallest absolute Gasteiger partial charge is 0.240 e. The Bertz CT molecular complexity index is 772. The lowest BCUT2D eigenvalue weighted by molar-refractivity contribution is 0.242. The monoisotopic (exact) mass is 362 g/mol. The third kappa shape index (κ3) is 6.49. The van der Waals surface area contributed by atoms with Crippen LogP contribution >= 0.6 is 0 Å². The molecule has 0 saturated heterocycles. The molecule has 0 aliphatic rings. The summed E-state index contributed by atoms with van der Waals surface area (Å²) in [7, 11) is -3.45. The molecule has 0 aliphatic heterocycles. The number of ether oxygens (including phenoxy) is 1. The number of benzene rings is 2. The lowest BCUT2D eigenvalue weighted by Crippen LogP contribution is -2.31. The van der Waals surface area contributed by atoms with Crippen molar-refractivity contribution in [3.8, 4) is 5.75 Å². The fraction of sp³-hybridized carbons (Fsp3) is 0.368. The molecule has 0 bridgehead atoms. The number of hydrogen-bond donors (Lipinski definition) is 2. The van der Waals surface area contributed by atoms with E-state index in [0.29, 0.717) is 19.6 Å². The normalized spacial score (nSPS) is 11.7. The maximum absolute atomic E-state index is 12.2. The Morgan fingerprint density at radius 2 is 1.76 bits per heavy atom. The summed E-state index contributed by atoms with van der Waals surface area (Å²) >= 11 is 0. The Hall–Kier alpha value is -1.89. The predicted molar refractivity (Wildman–Crippen MR) is 100 cm³/mol. The highest BCUT2D eigenvalue weighted by atomic mass is 32.2. The molecule has 0 fully saturated rings. The standard InChI is InChI=1S/C19H26N2O3S/c1-15(2)24-18-6-4-5-17(13-18)14-20-11-12-21-25(22,23)19-9-7-16(3)8-10-19/h4-10,13,15,20-21H,11-12,14H2,1-3H3. The highest BCUT2D eigenvalue weighted by Gasteiger charge is 2.12. The first-order valence-corrected chi connectivity index (χ1v) is 9.88. The van der Waals surface area contributed by atoms with Gasteiger partial charge >= 0.3 is 0 Å². The van der Waals surface area contributed by atoms with Gasteiger partial charge in [-0.25, -0.2) is 13.1 Å². The van der Waals surface area contributed by atoms with Gasteiger partial charge in [0.05, 0.1) is 11.0 Å². The second kappa shape index (κ2) is 8.99. The molecule has 5 nitrogen and oxygen atoms in total. The van der Waals surface area contributed by atoms with Crippen molar-refractivity contribution in [2.24, 2.45) is 0 Å². The minimum absolute atomic E-state index is 0.138. The first kappa shape index (κ1) is 19.4. The van der Waals surface area contributed by atoms with Crippen molar-refractivity contribution in [1.82, 2.24) is 10.0 Å². The van der Waals surface area contributed by atoms with E-state index in [4.69, 9.17) is 4.74 Å². The zero-order valence-corrected chi connectivity index (χ0v) is 15.8. The molecular formula is C19H26N2O3S. The highest BCUT2D eigenvalue weighted by Crippen LogP contribution is 2.14. The summed E-state index contributed by atoms with van der Waals surface area (Å²) in [5.74, 6) is 0.842. The van der Waals surface area contributed by atoms with Gasteiger partial charge in [-0.2, -0.15) is 0 Å². The molecule has 0 aliphatic carbocycles. The van der Waals surface area contributed by atoms with E-state index in [1.54, 1.807) is 24.3 Å². The van der Waals surface area contributed by atoms with E-state index in [-0.39, 0.29) is 11.0 Å². The lowest BCUT2D eigenvalue weighted by atomic mass is 10.2. The summed E-state index contributed by atoms with van der Waals surface area (Å²) in [5, 5.41) is 3.23. The fourth-order valence-corrected chi connectivity index (χ4v) is 3.34. The number of rotatable bonds is 9. The van der Waals surface area contributed by atoms with E-state index < -0.39 is 10.0 Å². The Balaban J connectivity index is 1.77. The van der Waals surface area contributed by atoms with Crippen LogP contribution in [0.15, 0.2) is 53.4 Å². The van der Waals surface area contributed by atoms with Crippen LogP contribution in [0, 0.1) is 6.92 Å². The second-order valence-corrected chi connectivity index (χ2v) is 7.97. The molecule has 0 amide bonds. The molecule has 0 spiro atoms. The van der Waals surface area contributed by atoms with Crippen LogP contribution in [0.2, 0.25) is 0 Å². The Kier molecular flexibility index (Phi) is 6.99. The van der Waals surface area contributed by atoms with Crippen LogP contribution in [-0.2, 0) is 16.6 Å². The first-order chi connectivity index (χ1) is 11.9. The summed E-state index contributed by atoms with van der Waals surface area (Å²) in [4.78, 5) is 0.289. The van der Waals surface area contributed by atoms with Gasteiger partial charge in [0.25, 0.3) is 0 Å². The minimum atomic E-state index is -3.45. The average molecular weight is 362 g/mol. The van der Waals surface area contributed by atoms with E-state index in [1.165, 1.54) is 0 Å². The fourth-order valence-electron chi connectivity index (χ4n) is 2.31. The third-order valence-corrected chi connectivity index (χ3v) is 5.00. The van der Waals surface area contributed by atoms with E-state index >= 15 is 0 Å². The van der Waals surface area contributed by atoms with Gasteiger partial charge in [0, 0.05) is 19.6 Å². The zero-order valence-electron chi connectivity index (χ0n) is 15.0. The Morgan fingerprint density at radius 1 is 1.04 bits per heavy atom. The number of nitrogens with one attached hydrogen (secondary N) is 2. The summed E-state index contributed by atoms with van der Waals surface area (Å²) in [6.45, 7) is 7.44. The van der Waals surface area contributed by atoms with Crippen LogP contribution in [0.4, 0.5) is 0 Å². The van der Waals surface area contributed by atoms with E-state index in [1.807, 2.05) is 45.0 Å². The molecule has 136 valence electrons. The average Bonchev–Trinajstić information content (AvgIpc) is 2.54. The quantitative estimate of drug-likeness (QED) is 0.673. The summed E-state index contributed by atoms with van der Waals surface area (Å²) in [5.41, 5.74) is 2.13. The number of hydrogen-bond acceptors (Lipinski definition) is 4. The van der Waals surface area contributed by atoms with Crippen LogP contribution in [0.5, 0.6) is 5.75 Å². The number of sulfonamides is 1. The van der Waals surface area contributed by atoms with Crippen LogP contribution in [0.25, 0.3) is 0 Å². The van der Waals surface area contributed by atoms with Crippen LogP contribution < -0.4 is 14.8 Å². The maximum Gasteiger partial charge on any atom is 0.240 e. The molecule has 25 heavy (non-hydrogen) atoms. The van der Waals surface area contributed by atoms with Crippen molar-refractivity contribution >= 4 is 10.0 Å². The molecule has 0 saturated carbocycles. The SMILES string of the molecule is Cc1ccc(S(=O)(=O)NCCNCc2cccc(OC(C)C)c2)cc1. The largest absolute Gasteiger partial charge is 0.491 e. The molecule has 0 unspecified atom stereocenters. The van der Waals surface area contributed by atoms with Gasteiger partial charge in [-0.1, -0.05) is 29.8 Å². The molecule has 0 aromatic heterocycles. The van der Waals surface area contributed by atoms with Gasteiger partial charge in [0.15, 0.2) is 0 Å². The van der Waals surface area contributed by atoms with Gasteiger partial charge in [-0.3, -0.25) is 0 Å². The van der Waals surface area contributed by atoms with Crippen molar-refractivity contribution in [2.75, 3.05) is 13.1 Å². The van der Waals surface area contributed by atoms with Crippen molar-refractivity contribution in [3.05, 3.63) is 59.7 Å². The zero-order chi connectivity index (χ0) is 18.3. The van der Waals surface area contributed by atoms with Gasteiger partial charge in [0.2, 0.25) is 10.0 Å². The Morgan fingerprint density at radius 3 is 2.44 bits per heavy atom. The first-order valence-electron chi connectivity index (χ1n) is 8.39. The molecule has 0 atom stereocenters. The van der Waals surface area contributed by atoms with E-state index in [2.05, 4.69) is 10.0 Å². The number of aryl methyl sites for hydroxylation is 1. The molecule has 2 aromatic carbocycles. The van der Waals surface area contributed by atoms with Crippen molar-refractivity contribution in [1.29, 1.82) is 0 Å². The van der Waals surface area contributed by atoms with Crippen LogP contribution in [-0.4, -0.2) is 27.6 Å². The lowest BCUT2D eigenvalue weighted by Gasteiger charge is -2.11. The van der Waals surface area contributed by atoms with Crippen molar-refractivity contribution < 1.29 is 13.2 Å². The molecule has 2 rings (SSSR count). The van der Waals surface area contributed by atoms with Crippen LogP contribution in [0.3, 0.4) is 0 Å². The van der Waals surface area contributed by atoms with Crippen LogP contribution in [0.1, 0.15) is 25.0 Å². The predicted octanol–water partition coefficient (Wildman–Crippen LogP) is 2.85. The topological polar surface area (TPSA) is 67.4 Å². The summed E-state index contributed by atoms with van der Waals surface area (Å²) in [6, 6.07) is 14.7.